The third-order valence-corrected chi connectivity index (χ3v) is 3.89. The number of aryl methyl sites for hydroxylation is 1. The molecule has 0 aliphatic carbocycles. The fourth-order valence-corrected chi connectivity index (χ4v) is 2.81. The topological polar surface area (TPSA) is 85.8 Å². The molecule has 0 saturated heterocycles. The van der Waals surface area contributed by atoms with Crippen LogP contribution in [0.3, 0.4) is 0 Å². The van der Waals surface area contributed by atoms with Gasteiger partial charge in [0.15, 0.2) is 11.5 Å². The number of hydrogen-bond donors (Lipinski definition) is 1. The van der Waals surface area contributed by atoms with Crippen molar-refractivity contribution in [1.29, 1.82) is 0 Å². The molecular weight excluding hydrogens is 304 g/mol. The standard InChI is InChI=1S/C16H18N8/c1-16(2,3)15-18-11-9-10(5-6-12(11)23(15)4)17-13-7-8-14-19-21-22-24(14)20-13/h5-9H,1-4H3,(H,17,20). The van der Waals surface area contributed by atoms with E-state index in [9.17, 15) is 0 Å². The Bertz CT molecular complexity index is 1040. The van der Waals surface area contributed by atoms with Crippen molar-refractivity contribution in [1.82, 2.24) is 34.8 Å². The van der Waals surface area contributed by atoms with E-state index in [2.05, 4.69) is 64.4 Å². The summed E-state index contributed by atoms with van der Waals surface area (Å²) < 4.78 is 3.53. The van der Waals surface area contributed by atoms with E-state index in [1.165, 1.54) is 4.63 Å². The van der Waals surface area contributed by atoms with E-state index in [-0.39, 0.29) is 5.41 Å². The quantitative estimate of drug-likeness (QED) is 0.610. The smallest absolute Gasteiger partial charge is 0.200 e. The summed E-state index contributed by atoms with van der Waals surface area (Å²) in [6.07, 6.45) is 0. The van der Waals surface area contributed by atoms with Crippen molar-refractivity contribution >= 4 is 28.2 Å². The highest BCUT2D eigenvalue weighted by molar-refractivity contribution is 5.81. The zero-order valence-corrected chi connectivity index (χ0v) is 14.0. The highest BCUT2D eigenvalue weighted by Gasteiger charge is 2.21. The molecule has 3 heterocycles. The highest BCUT2D eigenvalue weighted by atomic mass is 15.6. The van der Waals surface area contributed by atoms with E-state index >= 15 is 0 Å². The third kappa shape index (κ3) is 2.36. The Hall–Kier alpha value is -3.03. The number of benzene rings is 1. The summed E-state index contributed by atoms with van der Waals surface area (Å²) in [4.78, 5) is 4.79. The van der Waals surface area contributed by atoms with E-state index in [1.54, 1.807) is 0 Å². The zero-order valence-electron chi connectivity index (χ0n) is 14.0. The van der Waals surface area contributed by atoms with Gasteiger partial charge >= 0.3 is 0 Å². The number of imidazole rings is 1. The van der Waals surface area contributed by atoms with Gasteiger partial charge in [0.1, 0.15) is 5.82 Å². The Balaban J connectivity index is 1.72. The molecule has 0 fully saturated rings. The van der Waals surface area contributed by atoms with Crippen molar-refractivity contribution < 1.29 is 0 Å². The highest BCUT2D eigenvalue weighted by Crippen LogP contribution is 2.27. The van der Waals surface area contributed by atoms with Gasteiger partial charge < -0.3 is 9.88 Å². The molecule has 8 nitrogen and oxygen atoms in total. The van der Waals surface area contributed by atoms with Crippen LogP contribution >= 0.6 is 0 Å². The lowest BCUT2D eigenvalue weighted by molar-refractivity contribution is 0.526. The normalized spacial score (nSPS) is 12.2. The lowest BCUT2D eigenvalue weighted by Gasteiger charge is -2.17. The van der Waals surface area contributed by atoms with Gasteiger partial charge in [0.25, 0.3) is 0 Å². The molecule has 4 rings (SSSR count). The maximum absolute atomic E-state index is 4.79. The summed E-state index contributed by atoms with van der Waals surface area (Å²) in [5.74, 6) is 1.73. The van der Waals surface area contributed by atoms with Gasteiger partial charge in [-0.1, -0.05) is 20.8 Å². The molecule has 1 N–H and O–H groups in total. The predicted molar refractivity (Wildman–Crippen MR) is 91.3 cm³/mol. The molecular formula is C16H18N8. The van der Waals surface area contributed by atoms with E-state index < -0.39 is 0 Å². The molecule has 24 heavy (non-hydrogen) atoms. The second-order valence-corrected chi connectivity index (χ2v) is 6.82. The summed E-state index contributed by atoms with van der Waals surface area (Å²) in [6.45, 7) is 6.50. The van der Waals surface area contributed by atoms with Gasteiger partial charge in [0.05, 0.1) is 11.0 Å². The van der Waals surface area contributed by atoms with Crippen LogP contribution in [-0.4, -0.2) is 34.8 Å². The number of nitrogens with zero attached hydrogens (tertiary/aromatic N) is 7. The largest absolute Gasteiger partial charge is 0.339 e. The van der Waals surface area contributed by atoms with E-state index in [4.69, 9.17) is 4.98 Å². The Kier molecular flexibility index (Phi) is 3.02. The summed E-state index contributed by atoms with van der Waals surface area (Å²) >= 11 is 0. The Morgan fingerprint density at radius 3 is 2.71 bits per heavy atom. The fourth-order valence-electron chi connectivity index (χ4n) is 2.81. The van der Waals surface area contributed by atoms with Crippen LogP contribution in [0.4, 0.5) is 11.5 Å². The summed E-state index contributed by atoms with van der Waals surface area (Å²) in [6, 6.07) is 9.76. The Morgan fingerprint density at radius 1 is 1.08 bits per heavy atom. The average Bonchev–Trinajstić information content (AvgIpc) is 3.11. The van der Waals surface area contributed by atoms with Crippen molar-refractivity contribution in [2.75, 3.05) is 5.32 Å². The van der Waals surface area contributed by atoms with Crippen LogP contribution in [0.2, 0.25) is 0 Å². The first-order chi connectivity index (χ1) is 11.4. The van der Waals surface area contributed by atoms with E-state index in [1.807, 2.05) is 24.3 Å². The van der Waals surface area contributed by atoms with Crippen LogP contribution in [0.15, 0.2) is 30.3 Å². The molecule has 0 saturated carbocycles. The summed E-state index contributed by atoms with van der Waals surface area (Å²) in [7, 11) is 2.05. The van der Waals surface area contributed by atoms with Gasteiger partial charge in [-0.3, -0.25) is 0 Å². The van der Waals surface area contributed by atoms with Crippen LogP contribution in [0.1, 0.15) is 26.6 Å². The number of tetrazole rings is 1. The fraction of sp³-hybridized carbons (Fsp3) is 0.312. The van der Waals surface area contributed by atoms with E-state index in [0.717, 1.165) is 22.5 Å². The number of aromatic nitrogens is 7. The van der Waals surface area contributed by atoms with Gasteiger partial charge in [0, 0.05) is 18.2 Å². The molecule has 0 spiro atoms. The monoisotopic (exact) mass is 322 g/mol. The number of hydrogen-bond acceptors (Lipinski definition) is 6. The Morgan fingerprint density at radius 2 is 1.92 bits per heavy atom. The number of nitrogens with one attached hydrogen (secondary N) is 1. The second-order valence-electron chi connectivity index (χ2n) is 6.82. The molecule has 0 amide bonds. The van der Waals surface area contributed by atoms with Crippen LogP contribution in [0, 0.1) is 0 Å². The van der Waals surface area contributed by atoms with Gasteiger partial charge in [-0.2, -0.15) is 0 Å². The molecule has 122 valence electrons. The summed E-state index contributed by atoms with van der Waals surface area (Å²) in [5.41, 5.74) is 3.58. The van der Waals surface area contributed by atoms with Gasteiger partial charge in [-0.15, -0.1) is 14.8 Å². The molecule has 3 aromatic heterocycles. The van der Waals surface area contributed by atoms with Gasteiger partial charge in [0.2, 0.25) is 0 Å². The van der Waals surface area contributed by atoms with Crippen molar-refractivity contribution in [3.05, 3.63) is 36.2 Å². The maximum atomic E-state index is 4.79. The molecule has 0 radical (unpaired) electrons. The molecule has 4 aromatic rings. The van der Waals surface area contributed by atoms with Gasteiger partial charge in [-0.25, -0.2) is 4.98 Å². The lowest BCUT2D eigenvalue weighted by atomic mass is 9.96. The summed E-state index contributed by atoms with van der Waals surface area (Å²) in [5, 5.41) is 18.8. The minimum Gasteiger partial charge on any atom is -0.339 e. The minimum atomic E-state index is -0.00591. The zero-order chi connectivity index (χ0) is 16.9. The van der Waals surface area contributed by atoms with Crippen LogP contribution in [0.5, 0.6) is 0 Å². The molecule has 0 bridgehead atoms. The molecule has 0 unspecified atom stereocenters. The minimum absolute atomic E-state index is 0.00591. The molecule has 0 aliphatic rings. The maximum Gasteiger partial charge on any atom is 0.200 e. The number of fused-ring (bicyclic) bond motifs is 2. The van der Waals surface area contributed by atoms with Crippen LogP contribution in [0.25, 0.3) is 16.7 Å². The van der Waals surface area contributed by atoms with Crippen molar-refractivity contribution in [3.63, 3.8) is 0 Å². The molecule has 0 aliphatic heterocycles. The molecule has 1 aromatic carbocycles. The third-order valence-electron chi connectivity index (χ3n) is 3.89. The van der Waals surface area contributed by atoms with Crippen molar-refractivity contribution in [2.24, 2.45) is 7.05 Å². The average molecular weight is 322 g/mol. The first-order valence-corrected chi connectivity index (χ1v) is 7.71. The van der Waals surface area contributed by atoms with Crippen LogP contribution in [-0.2, 0) is 12.5 Å². The van der Waals surface area contributed by atoms with Crippen molar-refractivity contribution in [3.8, 4) is 0 Å². The first kappa shape index (κ1) is 14.6. The SMILES string of the molecule is Cn1c(C(C)(C)C)nc2cc(Nc3ccc4nnnn4n3)ccc21. The number of anilines is 2. The van der Waals surface area contributed by atoms with Crippen molar-refractivity contribution in [2.45, 2.75) is 26.2 Å². The van der Waals surface area contributed by atoms with E-state index in [0.29, 0.717) is 11.5 Å². The first-order valence-electron chi connectivity index (χ1n) is 7.71. The van der Waals surface area contributed by atoms with Gasteiger partial charge in [-0.05, 0) is 40.8 Å². The predicted octanol–water partition coefficient (Wildman–Crippen LogP) is 2.45. The number of rotatable bonds is 2. The van der Waals surface area contributed by atoms with Crippen LogP contribution < -0.4 is 5.32 Å². The molecule has 8 heteroatoms. The second kappa shape index (κ2) is 4.98. The Labute approximate surface area is 138 Å². The molecule has 0 atom stereocenters. The lowest BCUT2D eigenvalue weighted by Crippen LogP contribution is -2.17.